The molecule has 242 valence electrons. The molecule has 9 heteroatoms. The van der Waals surface area contributed by atoms with E-state index >= 15 is 0 Å². The summed E-state index contributed by atoms with van der Waals surface area (Å²) in [6.07, 6.45) is 9.72. The number of aliphatic hydroxyl groups excluding tert-OH is 2. The highest BCUT2D eigenvalue weighted by molar-refractivity contribution is 7.87. The third-order valence-corrected chi connectivity index (χ3v) is 14.9. The molecule has 0 unspecified atom stereocenters. The van der Waals surface area contributed by atoms with Crippen LogP contribution in [0.5, 0.6) is 0 Å². The van der Waals surface area contributed by atoms with E-state index in [9.17, 15) is 23.4 Å². The van der Waals surface area contributed by atoms with Gasteiger partial charge in [0.25, 0.3) is 0 Å². The molecular weight excluding hydrogens is 550 g/mol. The largest absolute Gasteiger partial charge is 0.393 e. The molecule has 4 saturated carbocycles. The van der Waals surface area contributed by atoms with Crippen molar-refractivity contribution in [2.24, 2.45) is 64.1 Å². The molecule has 0 spiro atoms. The van der Waals surface area contributed by atoms with E-state index in [2.05, 4.69) is 51.6 Å². The standard InChI is InChI=1S/C33H59N3O5S/c1-7-24-28-17-23(37)10-13-33(28,6)27-11-14-32(5)25(8-9-26(32)29(27)30(24)38)22(4)12-15-34-31(39)35-42(40,41)36-18-20(2)16-21(3)19-36/h20-30,37-38H,7-19H2,1-6H3,(H2,34,35,39)/t20-,21+,22-,23-,24-,25-,26+,27+,28+,29+,30-,32-,33-/m1/s1. The summed E-state index contributed by atoms with van der Waals surface area (Å²) < 4.78 is 29.3. The molecule has 4 N–H and O–H groups in total. The van der Waals surface area contributed by atoms with E-state index in [1.54, 1.807) is 0 Å². The van der Waals surface area contributed by atoms with Gasteiger partial charge in [0, 0.05) is 19.6 Å². The quantitative estimate of drug-likeness (QED) is 0.318. The Kier molecular flexibility index (Phi) is 9.38. The molecule has 13 atom stereocenters. The third-order valence-electron chi connectivity index (χ3n) is 13.4. The van der Waals surface area contributed by atoms with Crippen molar-refractivity contribution >= 4 is 16.2 Å². The number of hydrogen-bond acceptors (Lipinski definition) is 5. The maximum Gasteiger partial charge on any atom is 0.329 e. The van der Waals surface area contributed by atoms with Crippen LogP contribution in [0.25, 0.3) is 0 Å². The van der Waals surface area contributed by atoms with Crippen LogP contribution in [-0.4, -0.2) is 60.8 Å². The first-order valence-corrected chi connectivity index (χ1v) is 18.6. The zero-order chi connectivity index (χ0) is 30.6. The van der Waals surface area contributed by atoms with E-state index in [0.29, 0.717) is 55.1 Å². The lowest BCUT2D eigenvalue weighted by Crippen LogP contribution is -2.62. The van der Waals surface area contributed by atoms with Crippen molar-refractivity contribution in [2.45, 2.75) is 118 Å². The number of urea groups is 1. The Labute approximate surface area is 255 Å². The molecule has 5 fully saturated rings. The molecule has 0 aromatic rings. The lowest BCUT2D eigenvalue weighted by molar-refractivity contribution is -0.203. The SMILES string of the molecule is CC[C@H]1[C@@H](O)[C@@H]2[C@H](CC[C@]3(C)[C@@H]([C@H](C)CCNC(=O)NS(=O)(=O)N4C[C@H](C)C[C@H](C)C4)CC[C@@H]23)[C@@]2(C)CC[C@@H](O)C[C@@H]12. The fourth-order valence-electron chi connectivity index (χ4n) is 11.6. The second kappa shape index (κ2) is 12.1. The number of carbonyl (C=O) groups is 1. The first-order valence-electron chi connectivity index (χ1n) is 17.1. The second-order valence-corrected chi connectivity index (χ2v) is 17.7. The van der Waals surface area contributed by atoms with E-state index in [-0.39, 0.29) is 40.8 Å². The summed E-state index contributed by atoms with van der Waals surface area (Å²) in [7, 11) is -3.85. The molecule has 0 aromatic heterocycles. The van der Waals surface area contributed by atoms with Gasteiger partial charge in [-0.25, -0.2) is 9.52 Å². The maximum absolute atomic E-state index is 12.8. The molecule has 8 nitrogen and oxygen atoms in total. The molecule has 1 saturated heterocycles. The van der Waals surface area contributed by atoms with E-state index in [1.165, 1.54) is 10.7 Å². The first-order chi connectivity index (χ1) is 19.7. The van der Waals surface area contributed by atoms with Gasteiger partial charge < -0.3 is 15.5 Å². The van der Waals surface area contributed by atoms with Crippen LogP contribution < -0.4 is 10.0 Å². The molecule has 0 bridgehead atoms. The fourth-order valence-corrected chi connectivity index (χ4v) is 12.9. The number of nitrogens with zero attached hydrogens (tertiary/aromatic N) is 1. The Bertz CT molecular complexity index is 1080. The molecule has 5 rings (SSSR count). The molecule has 0 aromatic carbocycles. The molecule has 1 aliphatic heterocycles. The topological polar surface area (TPSA) is 119 Å². The molecule has 0 radical (unpaired) electrons. The Morgan fingerprint density at radius 3 is 2.26 bits per heavy atom. The summed E-state index contributed by atoms with van der Waals surface area (Å²) in [4.78, 5) is 12.6. The zero-order valence-corrected chi connectivity index (χ0v) is 27.8. The molecular formula is C33H59N3O5S. The smallest absolute Gasteiger partial charge is 0.329 e. The van der Waals surface area contributed by atoms with Crippen molar-refractivity contribution in [2.75, 3.05) is 19.6 Å². The van der Waals surface area contributed by atoms with E-state index < -0.39 is 16.2 Å². The van der Waals surface area contributed by atoms with E-state index in [0.717, 1.165) is 57.8 Å². The van der Waals surface area contributed by atoms with Crippen molar-refractivity contribution in [1.29, 1.82) is 0 Å². The molecule has 1 heterocycles. The average molecular weight is 610 g/mol. The number of hydrogen-bond donors (Lipinski definition) is 4. The van der Waals surface area contributed by atoms with Gasteiger partial charge >= 0.3 is 16.2 Å². The minimum atomic E-state index is -3.85. The van der Waals surface area contributed by atoms with Crippen LogP contribution in [0.15, 0.2) is 0 Å². The highest BCUT2D eigenvalue weighted by Crippen LogP contribution is 2.69. The van der Waals surface area contributed by atoms with Gasteiger partial charge in [-0.2, -0.15) is 12.7 Å². The Morgan fingerprint density at radius 2 is 1.60 bits per heavy atom. The van der Waals surface area contributed by atoms with Crippen LogP contribution in [0.3, 0.4) is 0 Å². The Morgan fingerprint density at radius 1 is 0.952 bits per heavy atom. The predicted molar refractivity (Wildman–Crippen MR) is 166 cm³/mol. The van der Waals surface area contributed by atoms with Gasteiger partial charge in [-0.1, -0.05) is 48.0 Å². The number of carbonyl (C=O) groups excluding carboxylic acids is 1. The van der Waals surface area contributed by atoms with Crippen LogP contribution in [0.2, 0.25) is 0 Å². The summed E-state index contributed by atoms with van der Waals surface area (Å²) in [5.41, 5.74) is 0.376. The zero-order valence-electron chi connectivity index (χ0n) is 27.0. The highest BCUT2D eigenvalue weighted by atomic mass is 32.2. The summed E-state index contributed by atoms with van der Waals surface area (Å²) in [5, 5.41) is 25.3. The molecule has 5 aliphatic rings. The lowest BCUT2D eigenvalue weighted by atomic mass is 9.41. The van der Waals surface area contributed by atoms with Crippen molar-refractivity contribution in [3.8, 4) is 0 Å². The monoisotopic (exact) mass is 609 g/mol. The minimum absolute atomic E-state index is 0.171. The van der Waals surface area contributed by atoms with Crippen molar-refractivity contribution < 1.29 is 23.4 Å². The lowest BCUT2D eigenvalue weighted by Gasteiger charge is -2.64. The Hall–Kier alpha value is -0.900. The number of aliphatic hydroxyl groups is 2. The van der Waals surface area contributed by atoms with Gasteiger partial charge in [0.15, 0.2) is 0 Å². The number of fused-ring (bicyclic) bond motifs is 5. The number of piperidine rings is 1. The highest BCUT2D eigenvalue weighted by Gasteiger charge is 2.64. The number of rotatable bonds is 7. The fraction of sp³-hybridized carbons (Fsp3) is 0.970. The van der Waals surface area contributed by atoms with Gasteiger partial charge in [0.05, 0.1) is 12.2 Å². The maximum atomic E-state index is 12.8. The average Bonchev–Trinajstić information content (AvgIpc) is 3.26. The van der Waals surface area contributed by atoms with Gasteiger partial charge in [0.1, 0.15) is 0 Å². The van der Waals surface area contributed by atoms with Crippen LogP contribution in [0.4, 0.5) is 4.79 Å². The summed E-state index contributed by atoms with van der Waals surface area (Å²) in [5.74, 6) is 3.52. The summed E-state index contributed by atoms with van der Waals surface area (Å²) in [6.45, 7) is 14.9. The molecule has 2 amide bonds. The number of nitrogens with one attached hydrogen (secondary N) is 2. The van der Waals surface area contributed by atoms with Crippen molar-refractivity contribution in [3.63, 3.8) is 0 Å². The normalized spacial score (nSPS) is 46.7. The van der Waals surface area contributed by atoms with Crippen LogP contribution >= 0.6 is 0 Å². The first kappa shape index (κ1) is 32.5. The van der Waals surface area contributed by atoms with E-state index in [1.807, 2.05) is 0 Å². The molecule has 42 heavy (non-hydrogen) atoms. The predicted octanol–water partition coefficient (Wildman–Crippen LogP) is 5.16. The van der Waals surface area contributed by atoms with Crippen LogP contribution in [0, 0.1) is 64.1 Å². The van der Waals surface area contributed by atoms with Crippen molar-refractivity contribution in [1.82, 2.24) is 14.3 Å². The minimum Gasteiger partial charge on any atom is -0.393 e. The van der Waals surface area contributed by atoms with Gasteiger partial charge in [0.2, 0.25) is 0 Å². The van der Waals surface area contributed by atoms with Gasteiger partial charge in [-0.3, -0.25) is 0 Å². The summed E-state index contributed by atoms with van der Waals surface area (Å²) >= 11 is 0. The van der Waals surface area contributed by atoms with Crippen molar-refractivity contribution in [3.05, 3.63) is 0 Å². The van der Waals surface area contributed by atoms with Gasteiger partial charge in [-0.15, -0.1) is 0 Å². The van der Waals surface area contributed by atoms with Gasteiger partial charge in [-0.05, 0) is 122 Å². The second-order valence-electron chi connectivity index (χ2n) is 16.0. The Balaban J connectivity index is 1.19. The number of amides is 2. The summed E-state index contributed by atoms with van der Waals surface area (Å²) in [6, 6.07) is -0.638. The van der Waals surface area contributed by atoms with Crippen LogP contribution in [0.1, 0.15) is 106 Å². The third kappa shape index (κ3) is 5.78. The molecule has 4 aliphatic carbocycles. The van der Waals surface area contributed by atoms with Crippen LogP contribution in [-0.2, 0) is 10.2 Å². The van der Waals surface area contributed by atoms with E-state index in [4.69, 9.17) is 0 Å².